The van der Waals surface area contributed by atoms with Gasteiger partial charge in [-0.25, -0.2) is 4.98 Å². The van der Waals surface area contributed by atoms with Crippen LogP contribution >= 0.6 is 15.9 Å². The summed E-state index contributed by atoms with van der Waals surface area (Å²) in [6.45, 7) is 3.74. The Hall–Kier alpha value is -1.16. The largest absolute Gasteiger partial charge is 0.307 e. The Morgan fingerprint density at radius 3 is 2.71 bits per heavy atom. The molecule has 1 rings (SSSR count). The summed E-state index contributed by atoms with van der Waals surface area (Å²) in [6.07, 6.45) is 3.17. The number of aromatic nitrogens is 1. The SMILES string of the molecule is CC(C)=CC(=O)Nc1ccc(Br)cn1. The molecule has 0 saturated heterocycles. The molecule has 1 heterocycles. The molecule has 0 aliphatic carbocycles. The van der Waals surface area contributed by atoms with Crippen LogP contribution in [0.3, 0.4) is 0 Å². The molecule has 4 heteroatoms. The van der Waals surface area contributed by atoms with Gasteiger partial charge in [0, 0.05) is 16.7 Å². The Morgan fingerprint density at radius 1 is 1.50 bits per heavy atom. The van der Waals surface area contributed by atoms with Gasteiger partial charge in [-0.3, -0.25) is 4.79 Å². The van der Waals surface area contributed by atoms with Crippen molar-refractivity contribution in [1.82, 2.24) is 4.98 Å². The van der Waals surface area contributed by atoms with Gasteiger partial charge < -0.3 is 5.32 Å². The van der Waals surface area contributed by atoms with E-state index in [9.17, 15) is 4.79 Å². The molecule has 0 radical (unpaired) electrons. The van der Waals surface area contributed by atoms with Gasteiger partial charge >= 0.3 is 0 Å². The number of hydrogen-bond acceptors (Lipinski definition) is 2. The summed E-state index contributed by atoms with van der Waals surface area (Å²) in [5.41, 5.74) is 0.958. The van der Waals surface area contributed by atoms with Crippen molar-refractivity contribution in [1.29, 1.82) is 0 Å². The average Bonchev–Trinajstić information content (AvgIpc) is 2.07. The van der Waals surface area contributed by atoms with E-state index in [0.29, 0.717) is 5.82 Å². The van der Waals surface area contributed by atoms with Crippen molar-refractivity contribution in [3.05, 3.63) is 34.5 Å². The molecule has 1 aromatic rings. The van der Waals surface area contributed by atoms with E-state index in [1.165, 1.54) is 6.08 Å². The van der Waals surface area contributed by atoms with Gasteiger partial charge in [0.25, 0.3) is 0 Å². The van der Waals surface area contributed by atoms with E-state index in [4.69, 9.17) is 0 Å². The maximum Gasteiger partial charge on any atom is 0.249 e. The molecule has 14 heavy (non-hydrogen) atoms. The quantitative estimate of drug-likeness (QED) is 0.825. The molecule has 0 aliphatic rings. The third kappa shape index (κ3) is 3.70. The van der Waals surface area contributed by atoms with Crippen LogP contribution in [0.5, 0.6) is 0 Å². The highest BCUT2D eigenvalue weighted by molar-refractivity contribution is 9.10. The minimum absolute atomic E-state index is 0.153. The molecule has 74 valence electrons. The van der Waals surface area contributed by atoms with E-state index >= 15 is 0 Å². The average molecular weight is 255 g/mol. The summed E-state index contributed by atoms with van der Waals surface area (Å²) in [5.74, 6) is 0.399. The van der Waals surface area contributed by atoms with Crippen LogP contribution in [0.1, 0.15) is 13.8 Å². The number of anilines is 1. The molecule has 0 aliphatic heterocycles. The molecular weight excluding hydrogens is 244 g/mol. The van der Waals surface area contributed by atoms with Crippen molar-refractivity contribution in [2.24, 2.45) is 0 Å². The summed E-state index contributed by atoms with van der Waals surface area (Å²) in [6, 6.07) is 3.56. The normalized spacial score (nSPS) is 9.36. The highest BCUT2D eigenvalue weighted by atomic mass is 79.9. The smallest absolute Gasteiger partial charge is 0.249 e. The van der Waals surface area contributed by atoms with Crippen LogP contribution in [0, 0.1) is 0 Å². The van der Waals surface area contributed by atoms with E-state index in [1.54, 1.807) is 12.3 Å². The zero-order valence-corrected chi connectivity index (χ0v) is 9.63. The summed E-state index contributed by atoms with van der Waals surface area (Å²) in [7, 11) is 0. The highest BCUT2D eigenvalue weighted by Crippen LogP contribution is 2.10. The third-order valence-electron chi connectivity index (χ3n) is 1.40. The van der Waals surface area contributed by atoms with Gasteiger partial charge in [-0.2, -0.15) is 0 Å². The monoisotopic (exact) mass is 254 g/mol. The van der Waals surface area contributed by atoms with Crippen LogP contribution in [0.4, 0.5) is 5.82 Å². The van der Waals surface area contributed by atoms with Gasteiger partial charge in [-0.05, 0) is 41.9 Å². The fourth-order valence-corrected chi connectivity index (χ4v) is 1.11. The topological polar surface area (TPSA) is 42.0 Å². The number of nitrogens with one attached hydrogen (secondary N) is 1. The summed E-state index contributed by atoms with van der Waals surface area (Å²) in [4.78, 5) is 15.3. The molecule has 0 fully saturated rings. The van der Waals surface area contributed by atoms with Crippen LogP contribution in [0.25, 0.3) is 0 Å². The molecule has 1 amide bonds. The maximum absolute atomic E-state index is 11.3. The van der Waals surface area contributed by atoms with Crippen molar-refractivity contribution in [3.8, 4) is 0 Å². The van der Waals surface area contributed by atoms with Crippen LogP contribution in [0.2, 0.25) is 0 Å². The number of carbonyl (C=O) groups is 1. The fourth-order valence-electron chi connectivity index (χ4n) is 0.874. The molecule has 0 saturated carbocycles. The van der Waals surface area contributed by atoms with Crippen LogP contribution in [-0.4, -0.2) is 10.9 Å². The Kier molecular flexibility index (Phi) is 3.83. The second-order valence-corrected chi connectivity index (χ2v) is 3.99. The number of halogens is 1. The number of hydrogen-bond donors (Lipinski definition) is 1. The van der Waals surface area contributed by atoms with Gasteiger partial charge in [-0.15, -0.1) is 0 Å². The maximum atomic E-state index is 11.3. The Balaban J connectivity index is 2.66. The number of nitrogens with zero attached hydrogens (tertiary/aromatic N) is 1. The Bertz CT molecular complexity index is 353. The van der Waals surface area contributed by atoms with E-state index < -0.39 is 0 Å². The minimum Gasteiger partial charge on any atom is -0.307 e. The van der Waals surface area contributed by atoms with E-state index in [-0.39, 0.29) is 5.91 Å². The van der Waals surface area contributed by atoms with Gasteiger partial charge in [0.2, 0.25) is 5.91 Å². The first-order valence-corrected chi connectivity index (χ1v) is 4.94. The van der Waals surface area contributed by atoms with Gasteiger partial charge in [-0.1, -0.05) is 5.57 Å². The summed E-state index contributed by atoms with van der Waals surface area (Å²) < 4.78 is 0.887. The molecule has 1 N–H and O–H groups in total. The molecular formula is C10H11BrN2O. The predicted octanol–water partition coefficient (Wildman–Crippen LogP) is 2.75. The van der Waals surface area contributed by atoms with Gasteiger partial charge in [0.05, 0.1) is 0 Å². The van der Waals surface area contributed by atoms with Crippen molar-refractivity contribution in [2.45, 2.75) is 13.8 Å². The van der Waals surface area contributed by atoms with Crippen LogP contribution < -0.4 is 5.32 Å². The van der Waals surface area contributed by atoms with Crippen molar-refractivity contribution in [3.63, 3.8) is 0 Å². The standard InChI is InChI=1S/C10H11BrN2O/c1-7(2)5-10(14)13-9-4-3-8(11)6-12-9/h3-6H,1-2H3,(H,12,13,14). The number of carbonyl (C=O) groups excluding carboxylic acids is 1. The van der Waals surface area contributed by atoms with E-state index in [1.807, 2.05) is 19.9 Å². The first kappa shape index (κ1) is 10.9. The number of pyridine rings is 1. The van der Waals surface area contributed by atoms with Crippen molar-refractivity contribution in [2.75, 3.05) is 5.32 Å². The first-order valence-electron chi connectivity index (χ1n) is 4.15. The lowest BCUT2D eigenvalue weighted by atomic mass is 10.3. The van der Waals surface area contributed by atoms with Crippen molar-refractivity contribution < 1.29 is 4.79 Å². The van der Waals surface area contributed by atoms with E-state index in [2.05, 4.69) is 26.2 Å². The molecule has 3 nitrogen and oxygen atoms in total. The highest BCUT2D eigenvalue weighted by Gasteiger charge is 1.98. The molecule has 0 unspecified atom stereocenters. The second kappa shape index (κ2) is 4.91. The lowest BCUT2D eigenvalue weighted by Gasteiger charge is -2.00. The lowest BCUT2D eigenvalue weighted by molar-refractivity contribution is -0.112. The minimum atomic E-state index is -0.153. The lowest BCUT2D eigenvalue weighted by Crippen LogP contribution is -2.09. The summed E-state index contributed by atoms with van der Waals surface area (Å²) in [5, 5.41) is 2.65. The molecule has 0 spiro atoms. The van der Waals surface area contributed by atoms with Crippen molar-refractivity contribution >= 4 is 27.7 Å². The number of allylic oxidation sites excluding steroid dienone is 1. The Morgan fingerprint density at radius 2 is 2.21 bits per heavy atom. The van der Waals surface area contributed by atoms with Crippen LogP contribution in [-0.2, 0) is 4.79 Å². The molecule has 0 bridgehead atoms. The summed E-state index contributed by atoms with van der Waals surface area (Å²) >= 11 is 3.26. The molecule has 0 aromatic carbocycles. The zero-order valence-electron chi connectivity index (χ0n) is 8.04. The first-order chi connectivity index (χ1) is 6.58. The zero-order chi connectivity index (χ0) is 10.6. The fraction of sp³-hybridized carbons (Fsp3) is 0.200. The van der Waals surface area contributed by atoms with Gasteiger partial charge in [0.15, 0.2) is 0 Å². The van der Waals surface area contributed by atoms with E-state index in [0.717, 1.165) is 10.0 Å². The van der Waals surface area contributed by atoms with Gasteiger partial charge in [0.1, 0.15) is 5.82 Å². The molecule has 0 atom stereocenters. The second-order valence-electron chi connectivity index (χ2n) is 3.07. The third-order valence-corrected chi connectivity index (χ3v) is 1.87. The van der Waals surface area contributed by atoms with Crippen LogP contribution in [0.15, 0.2) is 34.5 Å². The number of rotatable bonds is 2. The predicted molar refractivity (Wildman–Crippen MR) is 60.0 cm³/mol. The Labute approximate surface area is 91.4 Å². The number of amides is 1. The molecule has 1 aromatic heterocycles.